The number of hydrogen-bond acceptors (Lipinski definition) is 4. The number of nitrogens with zero attached hydrogens (tertiary/aromatic N) is 1. The minimum absolute atomic E-state index is 0.112. The number of carbonyl (C=O) groups excluding carboxylic acids is 1. The Bertz CT molecular complexity index is 368. The van der Waals surface area contributed by atoms with Gasteiger partial charge in [0.05, 0.1) is 5.69 Å². The molecule has 5 heteroatoms. The summed E-state index contributed by atoms with van der Waals surface area (Å²) in [5.41, 5.74) is 6.31. The van der Waals surface area contributed by atoms with Crippen molar-refractivity contribution in [2.24, 2.45) is 5.73 Å². The van der Waals surface area contributed by atoms with Gasteiger partial charge in [-0.2, -0.15) is 0 Å². The minimum atomic E-state index is -0.240. The van der Waals surface area contributed by atoms with Gasteiger partial charge in [0.2, 0.25) is 5.91 Å². The summed E-state index contributed by atoms with van der Waals surface area (Å²) in [6, 6.07) is 0. The van der Waals surface area contributed by atoms with E-state index in [-0.39, 0.29) is 11.3 Å². The summed E-state index contributed by atoms with van der Waals surface area (Å²) in [5, 5.41) is 6.47. The van der Waals surface area contributed by atoms with Gasteiger partial charge in [0.1, 0.15) is 5.01 Å². The number of carbonyl (C=O) groups is 1. The zero-order valence-electron chi connectivity index (χ0n) is 10.7. The van der Waals surface area contributed by atoms with Crippen LogP contribution in [0.5, 0.6) is 0 Å². The van der Waals surface area contributed by atoms with Crippen molar-refractivity contribution in [2.45, 2.75) is 45.6 Å². The first-order valence-corrected chi connectivity index (χ1v) is 6.71. The molecule has 1 rings (SSSR count). The molecule has 0 fully saturated rings. The molecule has 1 aromatic heterocycles. The first-order chi connectivity index (χ1) is 7.89. The smallest absolute Gasteiger partial charge is 0.217 e. The van der Waals surface area contributed by atoms with E-state index >= 15 is 0 Å². The van der Waals surface area contributed by atoms with Gasteiger partial charge >= 0.3 is 0 Å². The van der Waals surface area contributed by atoms with E-state index < -0.39 is 0 Å². The first kappa shape index (κ1) is 14.1. The van der Waals surface area contributed by atoms with Gasteiger partial charge in [-0.05, 0) is 13.0 Å². The number of rotatable bonds is 6. The second kappa shape index (κ2) is 6.12. The lowest BCUT2D eigenvalue weighted by Gasteiger charge is -2.14. The van der Waals surface area contributed by atoms with Crippen LogP contribution in [0.15, 0.2) is 5.38 Å². The number of thiazole rings is 1. The lowest BCUT2D eigenvalue weighted by Crippen LogP contribution is -2.18. The molecule has 1 amide bonds. The molecule has 0 atom stereocenters. The quantitative estimate of drug-likeness (QED) is 0.762. The van der Waals surface area contributed by atoms with Gasteiger partial charge < -0.3 is 11.1 Å². The Morgan fingerprint density at radius 2 is 2.24 bits per heavy atom. The van der Waals surface area contributed by atoms with Crippen molar-refractivity contribution < 1.29 is 4.79 Å². The van der Waals surface area contributed by atoms with Crippen LogP contribution in [0.2, 0.25) is 0 Å². The van der Waals surface area contributed by atoms with E-state index in [1.807, 2.05) is 0 Å². The highest BCUT2D eigenvalue weighted by Gasteiger charge is 2.16. The number of aromatic nitrogens is 1. The molecular weight excluding hydrogens is 234 g/mol. The zero-order valence-corrected chi connectivity index (χ0v) is 11.6. The standard InChI is InChI=1S/C12H21N3OS/c1-12(2,3)9-8-17-11(15-9)7-14-6-4-5-10(13)16/h8,14H,4-7H2,1-3H3,(H2,13,16). The molecule has 0 aliphatic heterocycles. The van der Waals surface area contributed by atoms with Crippen LogP contribution in [0.1, 0.15) is 44.3 Å². The maximum absolute atomic E-state index is 10.5. The molecule has 4 nitrogen and oxygen atoms in total. The monoisotopic (exact) mass is 255 g/mol. The first-order valence-electron chi connectivity index (χ1n) is 5.83. The predicted molar refractivity (Wildman–Crippen MR) is 70.9 cm³/mol. The van der Waals surface area contributed by atoms with Crippen LogP contribution in [-0.2, 0) is 16.8 Å². The Morgan fingerprint density at radius 1 is 1.53 bits per heavy atom. The maximum Gasteiger partial charge on any atom is 0.217 e. The molecule has 3 N–H and O–H groups in total. The van der Waals surface area contributed by atoms with Crippen molar-refractivity contribution in [3.05, 3.63) is 16.1 Å². The summed E-state index contributed by atoms with van der Waals surface area (Å²) in [6.45, 7) is 8.04. The molecule has 0 radical (unpaired) electrons. The molecule has 96 valence electrons. The third kappa shape index (κ3) is 5.28. The molecular formula is C12H21N3OS. The van der Waals surface area contributed by atoms with Crippen LogP contribution in [-0.4, -0.2) is 17.4 Å². The third-order valence-corrected chi connectivity index (χ3v) is 3.22. The van der Waals surface area contributed by atoms with Crippen LogP contribution < -0.4 is 11.1 Å². The van der Waals surface area contributed by atoms with Crippen molar-refractivity contribution in [1.82, 2.24) is 10.3 Å². The van der Waals surface area contributed by atoms with Crippen LogP contribution in [0.4, 0.5) is 0 Å². The Labute approximate surface area is 107 Å². The van der Waals surface area contributed by atoms with Crippen molar-refractivity contribution in [1.29, 1.82) is 0 Å². The zero-order chi connectivity index (χ0) is 12.9. The van der Waals surface area contributed by atoms with Crippen molar-refractivity contribution in [2.75, 3.05) is 6.54 Å². The molecule has 0 spiro atoms. The molecule has 0 bridgehead atoms. The molecule has 0 aliphatic carbocycles. The number of amides is 1. The van der Waals surface area contributed by atoms with E-state index in [0.717, 1.165) is 30.2 Å². The average molecular weight is 255 g/mol. The van der Waals surface area contributed by atoms with E-state index in [0.29, 0.717) is 6.42 Å². The summed E-state index contributed by atoms with van der Waals surface area (Å²) in [4.78, 5) is 15.1. The lowest BCUT2D eigenvalue weighted by molar-refractivity contribution is -0.118. The topological polar surface area (TPSA) is 68.0 Å². The van der Waals surface area contributed by atoms with Gasteiger partial charge in [0.15, 0.2) is 0 Å². The lowest BCUT2D eigenvalue weighted by atomic mass is 9.93. The van der Waals surface area contributed by atoms with Crippen LogP contribution in [0.25, 0.3) is 0 Å². The molecule has 0 saturated heterocycles. The van der Waals surface area contributed by atoms with E-state index in [1.165, 1.54) is 0 Å². The van der Waals surface area contributed by atoms with E-state index in [4.69, 9.17) is 5.73 Å². The van der Waals surface area contributed by atoms with Crippen molar-refractivity contribution in [3.63, 3.8) is 0 Å². The molecule has 1 heterocycles. The van der Waals surface area contributed by atoms with E-state index in [2.05, 4.69) is 36.5 Å². The fourth-order valence-corrected chi connectivity index (χ4v) is 2.31. The van der Waals surface area contributed by atoms with Crippen molar-refractivity contribution in [3.8, 4) is 0 Å². The molecule has 1 aromatic rings. The fourth-order valence-electron chi connectivity index (χ4n) is 1.32. The van der Waals surface area contributed by atoms with Gasteiger partial charge in [-0.15, -0.1) is 11.3 Å². The second-order valence-electron chi connectivity index (χ2n) is 5.12. The molecule has 0 saturated carbocycles. The van der Waals surface area contributed by atoms with Gasteiger partial charge in [-0.25, -0.2) is 4.98 Å². The Kier molecular flexibility index (Phi) is 5.08. The molecule has 0 aromatic carbocycles. The van der Waals surface area contributed by atoms with E-state index in [9.17, 15) is 4.79 Å². The second-order valence-corrected chi connectivity index (χ2v) is 6.07. The number of nitrogens with one attached hydrogen (secondary N) is 1. The Balaban J connectivity index is 2.28. The summed E-state index contributed by atoms with van der Waals surface area (Å²) in [6.07, 6.45) is 1.23. The third-order valence-electron chi connectivity index (χ3n) is 2.37. The number of hydrogen-bond donors (Lipinski definition) is 2. The summed E-state index contributed by atoms with van der Waals surface area (Å²) in [5.74, 6) is -0.240. The SMILES string of the molecule is CC(C)(C)c1csc(CNCCCC(N)=O)n1. The fraction of sp³-hybridized carbons (Fsp3) is 0.667. The summed E-state index contributed by atoms with van der Waals surface area (Å²) >= 11 is 1.68. The largest absolute Gasteiger partial charge is 0.370 e. The summed E-state index contributed by atoms with van der Waals surface area (Å²) in [7, 11) is 0. The van der Waals surface area contributed by atoms with Gasteiger partial charge in [-0.1, -0.05) is 20.8 Å². The van der Waals surface area contributed by atoms with Crippen LogP contribution in [0.3, 0.4) is 0 Å². The predicted octanol–water partition coefficient (Wildman–Crippen LogP) is 1.80. The normalized spacial score (nSPS) is 11.7. The highest BCUT2D eigenvalue weighted by atomic mass is 32.1. The summed E-state index contributed by atoms with van der Waals surface area (Å²) < 4.78 is 0. The number of nitrogens with two attached hydrogens (primary N) is 1. The molecule has 0 aliphatic rings. The highest BCUT2D eigenvalue weighted by molar-refractivity contribution is 7.09. The average Bonchev–Trinajstić information content (AvgIpc) is 2.64. The minimum Gasteiger partial charge on any atom is -0.370 e. The molecule has 0 unspecified atom stereocenters. The Morgan fingerprint density at radius 3 is 2.76 bits per heavy atom. The van der Waals surface area contributed by atoms with Gasteiger partial charge in [-0.3, -0.25) is 4.79 Å². The number of primary amides is 1. The van der Waals surface area contributed by atoms with E-state index in [1.54, 1.807) is 11.3 Å². The highest BCUT2D eigenvalue weighted by Crippen LogP contribution is 2.23. The van der Waals surface area contributed by atoms with Crippen LogP contribution >= 0.6 is 11.3 Å². The maximum atomic E-state index is 10.5. The van der Waals surface area contributed by atoms with Crippen molar-refractivity contribution >= 4 is 17.2 Å². The van der Waals surface area contributed by atoms with Gasteiger partial charge in [0, 0.05) is 23.8 Å². The van der Waals surface area contributed by atoms with Crippen LogP contribution in [0, 0.1) is 0 Å². The molecule has 17 heavy (non-hydrogen) atoms. The van der Waals surface area contributed by atoms with Gasteiger partial charge in [0.25, 0.3) is 0 Å². The Hall–Kier alpha value is -0.940.